The molecule has 3 nitrogen and oxygen atoms in total. The average molecular weight is 206 g/mol. The van der Waals surface area contributed by atoms with Crippen molar-refractivity contribution in [1.29, 1.82) is 0 Å². The SMILES string of the molecule is CC(O)CN1CCCNc2ccccc21. The molecule has 1 unspecified atom stereocenters. The van der Waals surface area contributed by atoms with Crippen LogP contribution in [0.25, 0.3) is 0 Å². The van der Waals surface area contributed by atoms with Crippen LogP contribution in [0.2, 0.25) is 0 Å². The Morgan fingerprint density at radius 3 is 3.07 bits per heavy atom. The molecule has 82 valence electrons. The number of anilines is 2. The van der Waals surface area contributed by atoms with E-state index in [1.54, 1.807) is 0 Å². The van der Waals surface area contributed by atoms with E-state index in [0.717, 1.165) is 19.5 Å². The highest BCUT2D eigenvalue weighted by Crippen LogP contribution is 2.27. The normalized spacial score (nSPS) is 17.6. The van der Waals surface area contributed by atoms with Gasteiger partial charge in [-0.2, -0.15) is 0 Å². The third-order valence-corrected chi connectivity index (χ3v) is 2.65. The molecule has 0 spiro atoms. The predicted octanol–water partition coefficient (Wildman–Crippen LogP) is 1.69. The van der Waals surface area contributed by atoms with Gasteiger partial charge in [0.2, 0.25) is 0 Å². The minimum Gasteiger partial charge on any atom is -0.392 e. The Morgan fingerprint density at radius 2 is 2.27 bits per heavy atom. The van der Waals surface area contributed by atoms with Crippen molar-refractivity contribution in [3.63, 3.8) is 0 Å². The van der Waals surface area contributed by atoms with Crippen LogP contribution >= 0.6 is 0 Å². The molecule has 0 amide bonds. The largest absolute Gasteiger partial charge is 0.392 e. The molecule has 0 fully saturated rings. The second-order valence-corrected chi connectivity index (χ2v) is 4.09. The summed E-state index contributed by atoms with van der Waals surface area (Å²) in [5.74, 6) is 0. The number of nitrogens with zero attached hydrogens (tertiary/aromatic N) is 1. The molecule has 1 heterocycles. The summed E-state index contributed by atoms with van der Waals surface area (Å²) in [6.07, 6.45) is 0.831. The van der Waals surface area contributed by atoms with E-state index >= 15 is 0 Å². The van der Waals surface area contributed by atoms with Gasteiger partial charge in [-0.05, 0) is 25.5 Å². The fourth-order valence-corrected chi connectivity index (χ4v) is 2.02. The van der Waals surface area contributed by atoms with Crippen molar-refractivity contribution in [2.75, 3.05) is 29.9 Å². The molecule has 1 aromatic rings. The summed E-state index contributed by atoms with van der Waals surface area (Å²) < 4.78 is 0. The van der Waals surface area contributed by atoms with Gasteiger partial charge in [0.25, 0.3) is 0 Å². The molecular weight excluding hydrogens is 188 g/mol. The Bertz CT molecular complexity index is 325. The first-order valence-corrected chi connectivity index (χ1v) is 5.53. The highest BCUT2D eigenvalue weighted by molar-refractivity contribution is 5.70. The van der Waals surface area contributed by atoms with E-state index in [1.807, 2.05) is 19.1 Å². The Kier molecular flexibility index (Phi) is 3.11. The van der Waals surface area contributed by atoms with E-state index in [2.05, 4.69) is 22.3 Å². The zero-order chi connectivity index (χ0) is 10.7. The van der Waals surface area contributed by atoms with Crippen molar-refractivity contribution in [3.05, 3.63) is 24.3 Å². The molecule has 2 rings (SSSR count). The van der Waals surface area contributed by atoms with E-state index in [9.17, 15) is 5.11 Å². The number of benzene rings is 1. The quantitative estimate of drug-likeness (QED) is 0.773. The minimum atomic E-state index is -0.281. The smallest absolute Gasteiger partial charge is 0.0687 e. The van der Waals surface area contributed by atoms with E-state index in [0.29, 0.717) is 6.54 Å². The van der Waals surface area contributed by atoms with Crippen molar-refractivity contribution in [1.82, 2.24) is 0 Å². The molecule has 0 bridgehead atoms. The van der Waals surface area contributed by atoms with Crippen molar-refractivity contribution in [3.8, 4) is 0 Å². The molecule has 3 heteroatoms. The third kappa shape index (κ3) is 2.42. The molecule has 0 aliphatic carbocycles. The molecule has 1 aliphatic heterocycles. The Labute approximate surface area is 90.7 Å². The van der Waals surface area contributed by atoms with Gasteiger partial charge < -0.3 is 15.3 Å². The maximum absolute atomic E-state index is 9.46. The number of β-amino-alcohol motifs (C(OH)–C–C–N with tert-alkyl or cyclic N) is 1. The molecule has 1 aliphatic rings. The van der Waals surface area contributed by atoms with Crippen LogP contribution in [0.15, 0.2) is 24.3 Å². The predicted molar refractivity (Wildman–Crippen MR) is 63.4 cm³/mol. The third-order valence-electron chi connectivity index (χ3n) is 2.65. The first-order valence-electron chi connectivity index (χ1n) is 5.53. The van der Waals surface area contributed by atoms with Gasteiger partial charge in [-0.15, -0.1) is 0 Å². The second-order valence-electron chi connectivity index (χ2n) is 4.09. The first kappa shape index (κ1) is 10.3. The molecule has 1 aromatic carbocycles. The molecule has 15 heavy (non-hydrogen) atoms. The monoisotopic (exact) mass is 206 g/mol. The summed E-state index contributed by atoms with van der Waals surface area (Å²) in [7, 11) is 0. The van der Waals surface area contributed by atoms with Crippen LogP contribution in [0.1, 0.15) is 13.3 Å². The summed E-state index contributed by atoms with van der Waals surface area (Å²) in [4.78, 5) is 2.25. The number of fused-ring (bicyclic) bond motifs is 1. The molecule has 0 saturated carbocycles. The Hall–Kier alpha value is -1.22. The van der Waals surface area contributed by atoms with Crippen molar-refractivity contribution in [2.45, 2.75) is 19.4 Å². The van der Waals surface area contributed by atoms with E-state index < -0.39 is 0 Å². The lowest BCUT2D eigenvalue weighted by molar-refractivity contribution is 0.200. The van der Waals surface area contributed by atoms with Crippen molar-refractivity contribution >= 4 is 11.4 Å². The van der Waals surface area contributed by atoms with Gasteiger partial charge >= 0.3 is 0 Å². The molecule has 0 radical (unpaired) electrons. The van der Waals surface area contributed by atoms with Gasteiger partial charge in [-0.25, -0.2) is 0 Å². The maximum Gasteiger partial charge on any atom is 0.0687 e. The fraction of sp³-hybridized carbons (Fsp3) is 0.500. The number of rotatable bonds is 2. The van der Waals surface area contributed by atoms with Gasteiger partial charge in [0, 0.05) is 19.6 Å². The highest BCUT2D eigenvalue weighted by Gasteiger charge is 2.15. The summed E-state index contributed by atoms with van der Waals surface area (Å²) in [6, 6.07) is 8.28. The maximum atomic E-state index is 9.46. The number of para-hydroxylation sites is 2. The van der Waals surface area contributed by atoms with Crippen LogP contribution in [0.5, 0.6) is 0 Å². The Morgan fingerprint density at radius 1 is 1.47 bits per heavy atom. The average Bonchev–Trinajstić information content (AvgIpc) is 2.41. The van der Waals surface area contributed by atoms with Gasteiger partial charge in [0.15, 0.2) is 0 Å². The lowest BCUT2D eigenvalue weighted by atomic mass is 10.2. The van der Waals surface area contributed by atoms with E-state index in [1.165, 1.54) is 11.4 Å². The zero-order valence-corrected chi connectivity index (χ0v) is 9.11. The van der Waals surface area contributed by atoms with Crippen molar-refractivity contribution in [2.24, 2.45) is 0 Å². The highest BCUT2D eigenvalue weighted by atomic mass is 16.3. The number of aliphatic hydroxyl groups is 1. The molecule has 0 aromatic heterocycles. The second kappa shape index (κ2) is 4.53. The summed E-state index contributed by atoms with van der Waals surface area (Å²) in [6.45, 7) is 4.56. The lowest BCUT2D eigenvalue weighted by Gasteiger charge is -2.25. The van der Waals surface area contributed by atoms with Gasteiger partial charge in [0.1, 0.15) is 0 Å². The molecule has 1 atom stereocenters. The standard InChI is InChI=1S/C12H18N2O/c1-10(15)9-14-8-4-7-13-11-5-2-3-6-12(11)14/h2-3,5-6,10,13,15H,4,7-9H2,1H3. The molecular formula is C12H18N2O. The molecule has 2 N–H and O–H groups in total. The minimum absolute atomic E-state index is 0.281. The fourth-order valence-electron chi connectivity index (χ4n) is 2.02. The van der Waals surface area contributed by atoms with Crippen LogP contribution in [0.4, 0.5) is 11.4 Å². The number of hydrogen-bond donors (Lipinski definition) is 2. The number of hydrogen-bond acceptors (Lipinski definition) is 3. The van der Waals surface area contributed by atoms with Gasteiger partial charge in [-0.1, -0.05) is 12.1 Å². The van der Waals surface area contributed by atoms with Crippen molar-refractivity contribution < 1.29 is 5.11 Å². The Balaban J connectivity index is 2.24. The summed E-state index contributed by atoms with van der Waals surface area (Å²) >= 11 is 0. The lowest BCUT2D eigenvalue weighted by Crippen LogP contribution is -2.31. The summed E-state index contributed by atoms with van der Waals surface area (Å²) in [5.41, 5.74) is 2.38. The van der Waals surface area contributed by atoms with Gasteiger partial charge in [0.05, 0.1) is 17.5 Å². The topological polar surface area (TPSA) is 35.5 Å². The van der Waals surface area contributed by atoms with Crippen LogP contribution in [0.3, 0.4) is 0 Å². The molecule has 0 saturated heterocycles. The van der Waals surface area contributed by atoms with Gasteiger partial charge in [-0.3, -0.25) is 0 Å². The first-order chi connectivity index (χ1) is 7.27. The zero-order valence-electron chi connectivity index (χ0n) is 9.11. The summed E-state index contributed by atoms with van der Waals surface area (Å²) in [5, 5.41) is 12.9. The van der Waals surface area contributed by atoms with Crippen LogP contribution < -0.4 is 10.2 Å². The number of nitrogens with one attached hydrogen (secondary N) is 1. The van der Waals surface area contributed by atoms with Crippen LogP contribution in [-0.4, -0.2) is 30.8 Å². The number of aliphatic hydroxyl groups excluding tert-OH is 1. The van der Waals surface area contributed by atoms with Crippen LogP contribution in [-0.2, 0) is 0 Å². The van der Waals surface area contributed by atoms with Crippen LogP contribution in [0, 0.1) is 0 Å². The van der Waals surface area contributed by atoms with E-state index in [4.69, 9.17) is 0 Å². The van der Waals surface area contributed by atoms with E-state index in [-0.39, 0.29) is 6.10 Å².